The Morgan fingerprint density at radius 1 is 1.30 bits per heavy atom. The fourth-order valence-corrected chi connectivity index (χ4v) is 2.77. The quantitative estimate of drug-likeness (QED) is 0.721. The molecular formula is C15H23ClN2O2+2. The Balaban J connectivity index is 1.84. The van der Waals surface area contributed by atoms with Crippen LogP contribution in [0.25, 0.3) is 0 Å². The molecule has 1 aliphatic rings. The van der Waals surface area contributed by atoms with E-state index in [9.17, 15) is 4.79 Å². The summed E-state index contributed by atoms with van der Waals surface area (Å²) >= 11 is 6.00. The van der Waals surface area contributed by atoms with Gasteiger partial charge in [-0.1, -0.05) is 23.7 Å². The lowest BCUT2D eigenvalue weighted by molar-refractivity contribution is -1.00. The van der Waals surface area contributed by atoms with Crippen molar-refractivity contribution >= 4 is 17.6 Å². The number of esters is 1. The monoisotopic (exact) mass is 298 g/mol. The van der Waals surface area contributed by atoms with Gasteiger partial charge in [0.15, 0.2) is 0 Å². The van der Waals surface area contributed by atoms with Gasteiger partial charge in [0.25, 0.3) is 0 Å². The van der Waals surface area contributed by atoms with E-state index in [1.165, 1.54) is 18.0 Å². The van der Waals surface area contributed by atoms with E-state index in [4.69, 9.17) is 16.3 Å². The molecule has 110 valence electrons. The van der Waals surface area contributed by atoms with E-state index in [2.05, 4.69) is 7.05 Å². The summed E-state index contributed by atoms with van der Waals surface area (Å²) < 4.78 is 5.50. The molecule has 0 spiro atoms. The largest absolute Gasteiger partial charge is 0.453 e. The Morgan fingerprint density at radius 2 is 1.95 bits per heavy atom. The van der Waals surface area contributed by atoms with Crippen LogP contribution in [0.5, 0.6) is 0 Å². The molecule has 1 aromatic carbocycles. The molecular weight excluding hydrogens is 276 g/mol. The molecule has 1 aromatic rings. The number of benzene rings is 1. The van der Waals surface area contributed by atoms with Gasteiger partial charge in [-0.3, -0.25) is 0 Å². The number of ether oxygens (including phenoxy) is 1. The van der Waals surface area contributed by atoms with Crippen molar-refractivity contribution in [2.24, 2.45) is 0 Å². The SMILES string of the molecule is C[C@H](C[NH+]1CC[NH+](C)CC1)OC(=O)c1ccccc1Cl. The minimum absolute atomic E-state index is 0.0906. The molecule has 0 amide bonds. The molecule has 1 heterocycles. The Hall–Kier alpha value is -1.10. The van der Waals surface area contributed by atoms with Crippen molar-refractivity contribution in [3.05, 3.63) is 34.9 Å². The van der Waals surface area contributed by atoms with Gasteiger partial charge in [0.05, 0.1) is 17.6 Å². The summed E-state index contributed by atoms with van der Waals surface area (Å²) in [5.41, 5.74) is 0.443. The second kappa shape index (κ2) is 7.07. The third-order valence-electron chi connectivity index (χ3n) is 3.79. The van der Waals surface area contributed by atoms with Crippen LogP contribution in [0, 0.1) is 0 Å². The Morgan fingerprint density at radius 3 is 2.60 bits per heavy atom. The number of carbonyl (C=O) groups excluding carboxylic acids is 1. The highest BCUT2D eigenvalue weighted by Crippen LogP contribution is 2.16. The molecule has 0 unspecified atom stereocenters. The van der Waals surface area contributed by atoms with Gasteiger partial charge in [0.2, 0.25) is 0 Å². The number of rotatable bonds is 4. The number of halogens is 1. The smallest absolute Gasteiger partial charge is 0.340 e. The van der Waals surface area contributed by atoms with Gasteiger partial charge in [-0.15, -0.1) is 0 Å². The van der Waals surface area contributed by atoms with Crippen molar-refractivity contribution in [1.29, 1.82) is 0 Å². The molecule has 2 N–H and O–H groups in total. The van der Waals surface area contributed by atoms with E-state index >= 15 is 0 Å². The summed E-state index contributed by atoms with van der Waals surface area (Å²) in [6, 6.07) is 7.00. The van der Waals surface area contributed by atoms with Crippen molar-refractivity contribution in [3.63, 3.8) is 0 Å². The first-order valence-electron chi connectivity index (χ1n) is 7.16. The van der Waals surface area contributed by atoms with E-state index in [0.29, 0.717) is 10.6 Å². The van der Waals surface area contributed by atoms with E-state index in [1.807, 2.05) is 6.92 Å². The third-order valence-corrected chi connectivity index (χ3v) is 4.12. The van der Waals surface area contributed by atoms with E-state index in [0.717, 1.165) is 19.6 Å². The topological polar surface area (TPSA) is 35.2 Å². The predicted octanol–water partition coefficient (Wildman–Crippen LogP) is -0.701. The van der Waals surface area contributed by atoms with E-state index in [-0.39, 0.29) is 12.1 Å². The van der Waals surface area contributed by atoms with Gasteiger partial charge >= 0.3 is 5.97 Å². The zero-order valence-electron chi connectivity index (χ0n) is 12.1. The molecule has 5 heteroatoms. The molecule has 20 heavy (non-hydrogen) atoms. The Kier molecular flexibility index (Phi) is 5.40. The highest BCUT2D eigenvalue weighted by atomic mass is 35.5. The van der Waals surface area contributed by atoms with Crippen LogP contribution in [0.3, 0.4) is 0 Å². The summed E-state index contributed by atoms with van der Waals surface area (Å²) in [4.78, 5) is 15.1. The first-order chi connectivity index (χ1) is 9.56. The minimum atomic E-state index is -0.331. The van der Waals surface area contributed by atoms with Crippen LogP contribution in [-0.2, 0) is 4.74 Å². The number of quaternary nitrogens is 2. The molecule has 1 aliphatic heterocycles. The molecule has 1 atom stereocenters. The first kappa shape index (κ1) is 15.3. The first-order valence-corrected chi connectivity index (χ1v) is 7.54. The number of hydrogen-bond acceptors (Lipinski definition) is 2. The fourth-order valence-electron chi connectivity index (χ4n) is 2.56. The maximum Gasteiger partial charge on any atom is 0.340 e. The number of hydrogen-bond donors (Lipinski definition) is 2. The van der Waals surface area contributed by atoms with Gasteiger partial charge < -0.3 is 14.5 Å². The van der Waals surface area contributed by atoms with Crippen LogP contribution < -0.4 is 9.80 Å². The van der Waals surface area contributed by atoms with Gasteiger partial charge in [-0.2, -0.15) is 0 Å². The van der Waals surface area contributed by atoms with Crippen LogP contribution >= 0.6 is 11.6 Å². The zero-order valence-corrected chi connectivity index (χ0v) is 12.9. The van der Waals surface area contributed by atoms with Crippen LogP contribution in [-0.4, -0.2) is 51.8 Å². The average molecular weight is 299 g/mol. The summed E-state index contributed by atoms with van der Waals surface area (Å²) in [5.74, 6) is -0.331. The summed E-state index contributed by atoms with van der Waals surface area (Å²) in [6.45, 7) is 7.46. The maximum atomic E-state index is 12.0. The molecule has 1 fully saturated rings. The third kappa shape index (κ3) is 4.20. The summed E-state index contributed by atoms with van der Waals surface area (Å²) in [6.07, 6.45) is -0.0906. The summed E-state index contributed by atoms with van der Waals surface area (Å²) in [7, 11) is 2.22. The van der Waals surface area contributed by atoms with Gasteiger partial charge in [0, 0.05) is 0 Å². The van der Waals surface area contributed by atoms with Crippen molar-refractivity contribution < 1.29 is 19.3 Å². The van der Waals surface area contributed by atoms with Gasteiger partial charge in [0.1, 0.15) is 38.8 Å². The molecule has 4 nitrogen and oxygen atoms in total. The number of nitrogens with one attached hydrogen (secondary N) is 2. The lowest BCUT2D eigenvalue weighted by Crippen LogP contribution is -3.27. The molecule has 2 rings (SSSR count). The van der Waals surface area contributed by atoms with Crippen LogP contribution in [0.4, 0.5) is 0 Å². The van der Waals surface area contributed by atoms with E-state index < -0.39 is 0 Å². The maximum absolute atomic E-state index is 12.0. The highest BCUT2D eigenvalue weighted by molar-refractivity contribution is 6.33. The molecule has 0 bridgehead atoms. The molecule has 0 saturated carbocycles. The van der Waals surface area contributed by atoms with E-state index in [1.54, 1.807) is 29.2 Å². The number of likely N-dealkylation sites (N-methyl/N-ethyl adjacent to an activating group) is 1. The Labute approximate surface area is 125 Å². The lowest BCUT2D eigenvalue weighted by atomic mass is 10.2. The average Bonchev–Trinajstić information content (AvgIpc) is 2.41. The zero-order chi connectivity index (χ0) is 14.5. The van der Waals surface area contributed by atoms with Crippen LogP contribution in [0.15, 0.2) is 24.3 Å². The number of carbonyl (C=O) groups is 1. The molecule has 0 aliphatic carbocycles. The minimum Gasteiger partial charge on any atom is -0.453 e. The molecule has 0 aromatic heterocycles. The standard InChI is InChI=1S/C15H21ClN2O2/c1-12(11-18-9-7-17(2)8-10-18)20-15(19)13-5-3-4-6-14(13)16/h3-6,12H,7-11H2,1-2H3/p+2/t12-/m1/s1. The highest BCUT2D eigenvalue weighted by Gasteiger charge is 2.24. The van der Waals surface area contributed by atoms with Crippen LogP contribution in [0.2, 0.25) is 5.02 Å². The van der Waals surface area contributed by atoms with Gasteiger partial charge in [-0.05, 0) is 19.1 Å². The Bertz CT molecular complexity index is 459. The van der Waals surface area contributed by atoms with Gasteiger partial charge in [-0.25, -0.2) is 4.79 Å². The lowest BCUT2D eigenvalue weighted by Gasteiger charge is -2.28. The van der Waals surface area contributed by atoms with Crippen LogP contribution in [0.1, 0.15) is 17.3 Å². The summed E-state index contributed by atoms with van der Waals surface area (Å²) in [5, 5.41) is 0.445. The predicted molar refractivity (Wildman–Crippen MR) is 78.5 cm³/mol. The molecule has 0 radical (unpaired) electrons. The van der Waals surface area contributed by atoms with Crippen molar-refractivity contribution in [3.8, 4) is 0 Å². The van der Waals surface area contributed by atoms with Crippen molar-refractivity contribution in [2.45, 2.75) is 13.0 Å². The number of piperazine rings is 1. The second-order valence-electron chi connectivity index (χ2n) is 5.61. The van der Waals surface area contributed by atoms with Crippen molar-refractivity contribution in [1.82, 2.24) is 0 Å². The second-order valence-corrected chi connectivity index (χ2v) is 6.01. The fraction of sp³-hybridized carbons (Fsp3) is 0.533. The normalized spacial score (nSPS) is 24.1. The van der Waals surface area contributed by atoms with Crippen molar-refractivity contribution in [2.75, 3.05) is 39.8 Å². The molecule has 1 saturated heterocycles.